The fraction of sp³-hybridized carbons (Fsp3) is 0.284. The van der Waals surface area contributed by atoms with E-state index in [4.69, 9.17) is 50.9 Å². The van der Waals surface area contributed by atoms with Crippen LogP contribution >= 0.6 is 28.3 Å². The number of nitrogens with two attached hydrogens (primary N) is 3. The van der Waals surface area contributed by atoms with Crippen molar-refractivity contribution in [2.45, 2.75) is 131 Å². The first-order valence-corrected chi connectivity index (χ1v) is 37.8. The van der Waals surface area contributed by atoms with Gasteiger partial charge in [-0.05, 0) is 216 Å². The molecule has 22 heteroatoms. The van der Waals surface area contributed by atoms with Crippen molar-refractivity contribution in [1.82, 2.24) is 13.7 Å². The van der Waals surface area contributed by atoms with Crippen molar-refractivity contribution in [2.75, 3.05) is 13.2 Å². The molecule has 0 unspecified atom stereocenters. The predicted octanol–water partition coefficient (Wildman–Crippen LogP) is 12.8. The first-order chi connectivity index (χ1) is 52.1. The monoisotopic (exact) mass is 1580 g/mol. The van der Waals surface area contributed by atoms with E-state index < -0.39 is 13.1 Å². The average Bonchev–Trinajstić information content (AvgIpc) is 1.64. The summed E-state index contributed by atoms with van der Waals surface area (Å²) in [6, 6.07) is 66.1. The van der Waals surface area contributed by atoms with Crippen LogP contribution in [0.25, 0.3) is 55.0 Å². The first kappa shape index (κ1) is 85.0. The van der Waals surface area contributed by atoms with Crippen molar-refractivity contribution in [3.63, 3.8) is 0 Å². The minimum atomic E-state index is -1.40. The summed E-state index contributed by atoms with van der Waals surface area (Å²) >= 11 is 3.70. The number of carboxylic acid groups (broad SMARTS) is 1. The van der Waals surface area contributed by atoms with Gasteiger partial charge in [0.15, 0.2) is 0 Å². The molecule has 0 atom stereocenters. The van der Waals surface area contributed by atoms with Crippen molar-refractivity contribution < 1.29 is 88.3 Å². The molecule has 3 aliphatic carbocycles. The summed E-state index contributed by atoms with van der Waals surface area (Å²) in [6.45, 7) is 10.2. The number of halogens is 2. The van der Waals surface area contributed by atoms with Gasteiger partial charge in [0.25, 0.3) is 0 Å². The number of benzene rings is 9. The van der Waals surface area contributed by atoms with Crippen molar-refractivity contribution in [3.05, 3.63) is 273 Å². The van der Waals surface area contributed by atoms with Gasteiger partial charge in [-0.2, -0.15) is 0 Å². The molecule has 110 heavy (non-hydrogen) atoms. The number of aliphatic carboxylic acids is 1. The third-order valence-corrected chi connectivity index (χ3v) is 20.1. The molecule has 568 valence electrons. The van der Waals surface area contributed by atoms with E-state index in [1.165, 1.54) is 76.8 Å². The van der Waals surface area contributed by atoms with E-state index in [2.05, 4.69) is 145 Å². The van der Waals surface area contributed by atoms with Crippen LogP contribution in [0, 0.1) is 17.8 Å². The minimum absolute atomic E-state index is 0. The van der Waals surface area contributed by atoms with Crippen LogP contribution in [-0.2, 0) is 102 Å². The number of fused-ring (bicyclic) bond motifs is 3. The molecule has 3 aromatic heterocycles. The molecular formula is C88H96BBrClN6NaO12. The summed E-state index contributed by atoms with van der Waals surface area (Å²) in [4.78, 5) is 35.1. The van der Waals surface area contributed by atoms with Gasteiger partial charge in [-0.15, -0.1) is 12.4 Å². The summed E-state index contributed by atoms with van der Waals surface area (Å²) in [5.41, 5.74) is 34.7. The van der Waals surface area contributed by atoms with E-state index in [0.717, 1.165) is 109 Å². The number of hydrogen-bond donors (Lipinski definition) is 6. The van der Waals surface area contributed by atoms with Crippen LogP contribution in [0.15, 0.2) is 223 Å². The van der Waals surface area contributed by atoms with E-state index in [0.29, 0.717) is 75.2 Å². The molecule has 0 radical (unpaired) electrons. The molecule has 3 heterocycles. The largest absolute Gasteiger partial charge is 1.00 e. The number of rotatable bonds is 29. The van der Waals surface area contributed by atoms with Crippen molar-refractivity contribution in [1.29, 1.82) is 0 Å². The second-order valence-electron chi connectivity index (χ2n) is 27.8. The van der Waals surface area contributed by atoms with E-state index in [-0.39, 0.29) is 78.6 Å². The predicted molar refractivity (Wildman–Crippen MR) is 436 cm³/mol. The van der Waals surface area contributed by atoms with Crippen molar-refractivity contribution in [2.24, 2.45) is 35.0 Å². The number of aromatic nitrogens is 3. The van der Waals surface area contributed by atoms with E-state index in [1.54, 1.807) is 24.3 Å². The SMILES string of the molecule is CCOC(=O)Cc1ccccc1OCc1cc(-c2cccc(CN)c2)c2ccn(CC3CC3)c2c1.CCOC(=O)Cc1ccccc1OCc1cc(Br)c2ccn(CC3CC3)c2c1.Cl.NCc1cccc(-c2cc(COc3ccccc3CC(=O)O)cc3c2ccn3CC2CC2)c1.NCc1cccc(B(O)O)c1.[Na+].[OH-]. The molecule has 0 spiro atoms. The number of carbonyl (C=O) groups is 3. The fourth-order valence-corrected chi connectivity index (χ4v) is 13.9. The molecule has 12 aromatic rings. The molecule has 3 fully saturated rings. The third kappa shape index (κ3) is 23.5. The molecule has 0 aliphatic heterocycles. The van der Waals surface area contributed by atoms with Crippen molar-refractivity contribution >= 4 is 91.5 Å². The maximum absolute atomic E-state index is 12.1. The minimum Gasteiger partial charge on any atom is -0.870 e. The number of carbonyl (C=O) groups excluding carboxylic acids is 2. The van der Waals surface area contributed by atoms with Crippen LogP contribution in [0.4, 0.5) is 0 Å². The topological polar surface area (TPSA) is 281 Å². The molecule has 10 N–H and O–H groups in total. The van der Waals surface area contributed by atoms with Gasteiger partial charge in [0.1, 0.15) is 37.1 Å². The Kier molecular flexibility index (Phi) is 31.9. The Balaban J connectivity index is 0.000000176. The van der Waals surface area contributed by atoms with Gasteiger partial charge in [0.05, 0.1) is 32.5 Å². The Hall–Kier alpha value is -9.00. The molecule has 9 aromatic carbocycles. The maximum atomic E-state index is 12.1. The van der Waals surface area contributed by atoms with Crippen LogP contribution in [0.2, 0.25) is 0 Å². The van der Waals surface area contributed by atoms with Gasteiger partial charge < -0.3 is 75.2 Å². The van der Waals surface area contributed by atoms with Gasteiger partial charge in [0, 0.05) is 112 Å². The summed E-state index contributed by atoms with van der Waals surface area (Å²) in [5.74, 6) is 3.07. The molecule has 0 saturated heterocycles. The smallest absolute Gasteiger partial charge is 0.870 e. The molecule has 0 bridgehead atoms. The van der Waals surface area contributed by atoms with E-state index in [9.17, 15) is 19.5 Å². The first-order valence-electron chi connectivity index (χ1n) is 37.0. The second kappa shape index (κ2) is 41.3. The summed E-state index contributed by atoms with van der Waals surface area (Å²) in [5, 5.41) is 30.4. The quantitative estimate of drug-likeness (QED) is 0.0188. The average molecular weight is 1580 g/mol. The molecule has 18 nitrogen and oxygen atoms in total. The van der Waals surface area contributed by atoms with Crippen LogP contribution < -0.4 is 66.4 Å². The summed E-state index contributed by atoms with van der Waals surface area (Å²) in [6.07, 6.45) is 14.8. The maximum Gasteiger partial charge on any atom is 1.00 e. The van der Waals surface area contributed by atoms with Crippen LogP contribution in [0.5, 0.6) is 17.2 Å². The Morgan fingerprint density at radius 3 is 1.17 bits per heavy atom. The Morgan fingerprint density at radius 1 is 0.445 bits per heavy atom. The van der Waals surface area contributed by atoms with Crippen LogP contribution in [-0.4, -0.2) is 72.6 Å². The van der Waals surface area contributed by atoms with Gasteiger partial charge in [0.2, 0.25) is 0 Å². The normalized spacial score (nSPS) is 12.7. The molecular weight excluding hydrogens is 1480 g/mol. The van der Waals surface area contributed by atoms with Gasteiger partial charge in [-0.25, -0.2) is 0 Å². The Bertz CT molecular complexity index is 5050. The summed E-state index contributed by atoms with van der Waals surface area (Å²) < 4.78 is 36.8. The number of hydrogen-bond acceptors (Lipinski definition) is 14. The number of nitrogens with zero attached hydrogens (tertiary/aromatic N) is 3. The fourth-order valence-electron chi connectivity index (χ4n) is 13.3. The number of esters is 2. The zero-order chi connectivity index (χ0) is 74.8. The van der Waals surface area contributed by atoms with E-state index in [1.807, 2.05) is 92.7 Å². The van der Waals surface area contributed by atoms with Crippen LogP contribution in [0.1, 0.15) is 102 Å². The second-order valence-corrected chi connectivity index (χ2v) is 28.6. The Labute approximate surface area is 680 Å². The van der Waals surface area contributed by atoms with E-state index >= 15 is 0 Å². The standard InChI is InChI=1S/C30H32N2O3.C28H28N2O3.C23H24BrNO3.C7H10BNO2.ClH.Na.H2O/c1-2-34-30(33)17-25-7-3-4-9-29(25)35-20-23-15-27(24-8-5-6-22(14-24)18-31)26-12-13-32(28(26)16-23)19-21-10-11-21;29-16-20-4-3-6-22(12-20)25-13-21(14-26-24(25)10-11-30(26)17-19-8-9-19)18-33-27-7-2-1-5-23(27)15-28(31)32;1-2-27-23(26)13-18-5-3-4-6-22(18)28-15-17-11-20(24)19-9-10-25(21(19)12-17)14-16-7-8-16;9-5-6-2-1-3-7(4-6)8(10)11;;;/h3-9,12-16,21H,2,10-11,17-20,31H2,1H3;1-7,10-14,19H,8-9,15-18,29H2,(H,31,32);3-6,9-12,16H,2,7-8,13-15H2,1H3;1-4,10-11H,5,9H2;1H;;1H2/q;;;;;+1;/p-1. The number of carboxylic acids is 1. The van der Waals surface area contributed by atoms with Crippen LogP contribution in [0.3, 0.4) is 0 Å². The molecule has 3 aliphatic rings. The zero-order valence-corrected chi connectivity index (χ0v) is 67.1. The third-order valence-electron chi connectivity index (χ3n) is 19.4. The van der Waals surface area contributed by atoms with Gasteiger partial charge >= 0.3 is 54.6 Å². The summed E-state index contributed by atoms with van der Waals surface area (Å²) in [7, 11) is -1.40. The van der Waals surface area contributed by atoms with Crippen molar-refractivity contribution in [3.8, 4) is 39.5 Å². The van der Waals surface area contributed by atoms with Gasteiger partial charge in [-0.3, -0.25) is 14.4 Å². The van der Waals surface area contributed by atoms with Gasteiger partial charge in [-0.1, -0.05) is 131 Å². The molecule has 15 rings (SSSR count). The number of ether oxygens (including phenoxy) is 5. The molecule has 0 amide bonds. The number of para-hydroxylation sites is 3. The Morgan fingerprint density at radius 2 is 0.800 bits per heavy atom. The molecule has 3 saturated carbocycles. The zero-order valence-electron chi connectivity index (χ0n) is 62.7.